The molecule has 8 rings (SSSR count). The number of hydrogen-bond acceptors (Lipinski definition) is 7. The number of nitrogens with zero attached hydrogens (tertiary/aromatic N) is 1. The van der Waals surface area contributed by atoms with Gasteiger partial charge in [0.2, 0.25) is 5.91 Å². The summed E-state index contributed by atoms with van der Waals surface area (Å²) in [5.74, 6) is 1.39. The molecule has 1 amide bonds. The van der Waals surface area contributed by atoms with Crippen LogP contribution < -0.4 is 14.2 Å². The Bertz CT molecular complexity index is 2330. The van der Waals surface area contributed by atoms with Crippen molar-refractivity contribution in [2.75, 3.05) is 27.9 Å². The number of aliphatic hydroxyl groups excluding tert-OH is 1. The molecule has 5 aromatic carbocycles. The van der Waals surface area contributed by atoms with Crippen LogP contribution >= 0.6 is 0 Å². The van der Waals surface area contributed by atoms with Crippen LogP contribution in [-0.4, -0.2) is 66.4 Å². The lowest BCUT2D eigenvalue weighted by atomic mass is 9.64. The fraction of sp³-hybridized carbons (Fsp3) is 0.373. The number of methoxy groups -OCH3 is 3. The molecule has 308 valence electrons. The van der Waals surface area contributed by atoms with E-state index in [1.165, 1.54) is 5.57 Å². The van der Waals surface area contributed by atoms with Crippen LogP contribution in [0.25, 0.3) is 10.8 Å². The standard InChI is InChI=1S/C51H57NO7/c1-34-10-9-26-50(2)45(43-23-16-35(28-40(53)20-15-34)29-44(43)49(55)38-18-21-41(57-3)22-19-38)25-27-51(50,56)33-52(32-39-13-8-12-37-11-6-7-14-42(37)39)48(54)31-36-17-24-46(58-4)47(30-36)59-5/h6-8,10-14,16-19,21-24,29-30,40,45,53,56H,9,15,20,25-28,31-33H2,1-5H3. The van der Waals surface area contributed by atoms with Gasteiger partial charge in [0.15, 0.2) is 17.3 Å². The molecule has 4 unspecified atom stereocenters. The number of benzene rings is 5. The van der Waals surface area contributed by atoms with E-state index in [4.69, 9.17) is 14.2 Å². The van der Waals surface area contributed by atoms with E-state index in [1.807, 2.05) is 53.4 Å². The summed E-state index contributed by atoms with van der Waals surface area (Å²) >= 11 is 0. The van der Waals surface area contributed by atoms with Crippen LogP contribution in [-0.2, 0) is 24.2 Å². The summed E-state index contributed by atoms with van der Waals surface area (Å²) in [5.41, 5.74) is 3.86. The maximum Gasteiger partial charge on any atom is 0.227 e. The van der Waals surface area contributed by atoms with Gasteiger partial charge in [0.05, 0.1) is 46.0 Å². The molecule has 0 radical (unpaired) electrons. The van der Waals surface area contributed by atoms with Crippen molar-refractivity contribution in [3.63, 3.8) is 0 Å². The van der Waals surface area contributed by atoms with Gasteiger partial charge >= 0.3 is 0 Å². The van der Waals surface area contributed by atoms with Crippen molar-refractivity contribution in [3.8, 4) is 17.2 Å². The lowest BCUT2D eigenvalue weighted by molar-refractivity contribution is -0.140. The van der Waals surface area contributed by atoms with Crippen molar-refractivity contribution < 1.29 is 34.0 Å². The SMILES string of the molecule is COc1ccc(C(=O)c2cc3ccc2C2CCC(O)(CN(Cc4cccc5ccccc45)C(=O)Cc4ccc(OC)c(OC)c4)C2(C)CCC=C(C)CCC(O)C3)cc1. The van der Waals surface area contributed by atoms with Gasteiger partial charge in [-0.25, -0.2) is 0 Å². The fourth-order valence-electron chi connectivity index (χ4n) is 9.56. The zero-order valence-electron chi connectivity index (χ0n) is 35.0. The monoisotopic (exact) mass is 795 g/mol. The van der Waals surface area contributed by atoms with E-state index < -0.39 is 17.1 Å². The maximum atomic E-state index is 14.8. The molecule has 0 spiro atoms. The van der Waals surface area contributed by atoms with Gasteiger partial charge in [-0.05, 0) is 133 Å². The first-order chi connectivity index (χ1) is 28.4. The number of rotatable bonds is 11. The van der Waals surface area contributed by atoms with Gasteiger partial charge < -0.3 is 29.3 Å². The molecule has 3 aliphatic carbocycles. The molecule has 5 aromatic rings. The Morgan fingerprint density at radius 3 is 2.36 bits per heavy atom. The molecule has 2 bridgehead atoms. The Hall–Kier alpha value is -5.44. The summed E-state index contributed by atoms with van der Waals surface area (Å²) in [6, 6.07) is 33.1. The minimum atomic E-state index is -1.30. The third kappa shape index (κ3) is 8.80. The Kier molecular flexibility index (Phi) is 12.6. The lowest BCUT2D eigenvalue weighted by Crippen LogP contribution is -2.53. The Labute approximate surface area is 348 Å². The van der Waals surface area contributed by atoms with E-state index in [9.17, 15) is 19.8 Å². The Morgan fingerprint density at radius 1 is 0.831 bits per heavy atom. The summed E-state index contributed by atoms with van der Waals surface area (Å²) in [6.07, 6.45) is 6.03. The first-order valence-electron chi connectivity index (χ1n) is 20.8. The summed E-state index contributed by atoms with van der Waals surface area (Å²) in [6.45, 7) is 4.70. The van der Waals surface area contributed by atoms with Gasteiger partial charge in [-0.2, -0.15) is 0 Å². The molecule has 0 heterocycles. The van der Waals surface area contributed by atoms with Crippen molar-refractivity contribution >= 4 is 22.5 Å². The highest BCUT2D eigenvalue weighted by atomic mass is 16.5. The van der Waals surface area contributed by atoms with Crippen molar-refractivity contribution in [1.29, 1.82) is 0 Å². The first-order valence-corrected chi connectivity index (χ1v) is 20.8. The van der Waals surface area contributed by atoms with Crippen LogP contribution in [0.5, 0.6) is 17.2 Å². The number of amides is 1. The minimum Gasteiger partial charge on any atom is -0.497 e. The third-order valence-corrected chi connectivity index (χ3v) is 13.1. The molecule has 1 fully saturated rings. The number of aliphatic hydroxyl groups is 2. The summed E-state index contributed by atoms with van der Waals surface area (Å²) in [5, 5.41) is 26.6. The number of carbonyl (C=O) groups excluding carboxylic acids is 2. The van der Waals surface area contributed by atoms with E-state index in [2.05, 4.69) is 50.3 Å². The Balaban J connectivity index is 1.31. The molecule has 2 N–H and O–H groups in total. The van der Waals surface area contributed by atoms with Gasteiger partial charge in [-0.3, -0.25) is 9.59 Å². The van der Waals surface area contributed by atoms with Crippen LogP contribution in [0.4, 0.5) is 0 Å². The van der Waals surface area contributed by atoms with Crippen LogP contribution in [0.15, 0.2) is 115 Å². The fourth-order valence-corrected chi connectivity index (χ4v) is 9.56. The van der Waals surface area contributed by atoms with E-state index in [0.717, 1.165) is 39.4 Å². The van der Waals surface area contributed by atoms with Crippen molar-refractivity contribution in [3.05, 3.63) is 148 Å². The van der Waals surface area contributed by atoms with Crippen molar-refractivity contribution in [2.24, 2.45) is 5.41 Å². The second kappa shape index (κ2) is 17.8. The van der Waals surface area contributed by atoms with E-state index in [-0.39, 0.29) is 30.6 Å². The van der Waals surface area contributed by atoms with Gasteiger partial charge in [-0.1, -0.05) is 79.2 Å². The lowest BCUT2D eigenvalue weighted by Gasteiger charge is -2.46. The average molecular weight is 796 g/mol. The zero-order chi connectivity index (χ0) is 41.7. The predicted octanol–water partition coefficient (Wildman–Crippen LogP) is 9.41. The molecule has 4 atom stereocenters. The number of hydrogen-bond donors (Lipinski definition) is 2. The molecular weight excluding hydrogens is 739 g/mol. The molecule has 1 saturated carbocycles. The highest BCUT2D eigenvalue weighted by Crippen LogP contribution is 2.59. The van der Waals surface area contributed by atoms with Crippen molar-refractivity contribution in [1.82, 2.24) is 4.90 Å². The number of fused-ring (bicyclic) bond motifs is 9. The first kappa shape index (κ1) is 41.7. The van der Waals surface area contributed by atoms with Crippen LogP contribution in [0.3, 0.4) is 0 Å². The molecular formula is C51H57NO7. The number of allylic oxidation sites excluding steroid dienone is 2. The number of ether oxygens (including phenoxy) is 3. The Morgan fingerprint density at radius 2 is 1.59 bits per heavy atom. The molecule has 8 heteroatoms. The molecule has 59 heavy (non-hydrogen) atoms. The topological polar surface area (TPSA) is 106 Å². The van der Waals surface area contributed by atoms with Crippen LogP contribution in [0.1, 0.15) is 96.5 Å². The second-order valence-corrected chi connectivity index (χ2v) is 16.8. The van der Waals surface area contributed by atoms with Crippen LogP contribution in [0.2, 0.25) is 0 Å². The van der Waals surface area contributed by atoms with Crippen LogP contribution in [0, 0.1) is 5.41 Å². The molecule has 0 saturated heterocycles. The van der Waals surface area contributed by atoms with Gasteiger partial charge in [0.25, 0.3) is 0 Å². The maximum absolute atomic E-state index is 14.8. The summed E-state index contributed by atoms with van der Waals surface area (Å²) < 4.78 is 16.4. The van der Waals surface area contributed by atoms with Gasteiger partial charge in [0.1, 0.15) is 5.75 Å². The van der Waals surface area contributed by atoms with E-state index in [0.29, 0.717) is 73.4 Å². The van der Waals surface area contributed by atoms with Gasteiger partial charge in [0, 0.05) is 23.1 Å². The summed E-state index contributed by atoms with van der Waals surface area (Å²) in [4.78, 5) is 31.2. The molecule has 8 nitrogen and oxygen atoms in total. The smallest absolute Gasteiger partial charge is 0.227 e. The van der Waals surface area contributed by atoms with Gasteiger partial charge in [-0.15, -0.1) is 0 Å². The molecule has 0 aliphatic heterocycles. The largest absolute Gasteiger partial charge is 0.497 e. The highest BCUT2D eigenvalue weighted by Gasteiger charge is 2.57. The van der Waals surface area contributed by atoms with E-state index >= 15 is 0 Å². The number of carbonyl (C=O) groups is 2. The third-order valence-electron chi connectivity index (χ3n) is 13.1. The highest BCUT2D eigenvalue weighted by molar-refractivity contribution is 6.10. The quantitative estimate of drug-likeness (QED) is 0.101. The second-order valence-electron chi connectivity index (χ2n) is 16.8. The predicted molar refractivity (Wildman–Crippen MR) is 232 cm³/mol. The van der Waals surface area contributed by atoms with E-state index in [1.54, 1.807) is 45.6 Å². The summed E-state index contributed by atoms with van der Waals surface area (Å²) in [7, 11) is 4.77. The normalized spacial score (nSPS) is 21.9. The molecule has 0 aromatic heterocycles. The van der Waals surface area contributed by atoms with Crippen molar-refractivity contribution in [2.45, 2.75) is 89.4 Å². The zero-order valence-corrected chi connectivity index (χ0v) is 35.0. The minimum absolute atomic E-state index is 0.108. The molecule has 3 aliphatic rings. The average Bonchev–Trinajstić information content (AvgIpc) is 3.50. The number of ketones is 1.